The van der Waals surface area contributed by atoms with Crippen LogP contribution in [0.5, 0.6) is 5.75 Å². The van der Waals surface area contributed by atoms with Gasteiger partial charge in [0.25, 0.3) is 5.91 Å². The molecule has 0 aliphatic carbocycles. The Hall–Kier alpha value is -3.48. The molecule has 30 heavy (non-hydrogen) atoms. The van der Waals surface area contributed by atoms with Crippen LogP contribution in [0.15, 0.2) is 72.8 Å². The Bertz CT molecular complexity index is 1000. The smallest absolute Gasteiger partial charge is 0.416 e. The fourth-order valence-corrected chi connectivity index (χ4v) is 2.96. The van der Waals surface area contributed by atoms with E-state index >= 15 is 0 Å². The molecule has 2 N–H and O–H groups in total. The van der Waals surface area contributed by atoms with E-state index in [1.807, 2.05) is 18.2 Å². The van der Waals surface area contributed by atoms with Gasteiger partial charge in [0.05, 0.1) is 18.4 Å². The zero-order valence-electron chi connectivity index (χ0n) is 16.3. The normalized spacial score (nSPS) is 11.1. The lowest BCUT2D eigenvalue weighted by molar-refractivity contribution is -0.137. The number of anilines is 2. The minimum Gasteiger partial charge on any atom is -0.495 e. The maximum atomic E-state index is 12.9. The lowest BCUT2D eigenvalue weighted by Gasteiger charge is -2.14. The molecule has 156 valence electrons. The van der Waals surface area contributed by atoms with E-state index in [1.54, 1.807) is 36.4 Å². The van der Waals surface area contributed by atoms with E-state index < -0.39 is 11.7 Å². The van der Waals surface area contributed by atoms with Crippen molar-refractivity contribution < 1.29 is 22.7 Å². The summed E-state index contributed by atoms with van der Waals surface area (Å²) >= 11 is 0. The molecule has 4 nitrogen and oxygen atoms in total. The molecule has 0 aliphatic rings. The van der Waals surface area contributed by atoms with Crippen molar-refractivity contribution in [1.82, 2.24) is 0 Å². The highest BCUT2D eigenvalue weighted by molar-refractivity contribution is 6.05. The van der Waals surface area contributed by atoms with E-state index in [0.717, 1.165) is 12.1 Å². The molecule has 3 rings (SSSR count). The van der Waals surface area contributed by atoms with Gasteiger partial charge in [0.2, 0.25) is 0 Å². The summed E-state index contributed by atoms with van der Waals surface area (Å²) in [5.74, 6) is 0.264. The number of benzene rings is 3. The van der Waals surface area contributed by atoms with E-state index in [1.165, 1.54) is 13.2 Å². The molecule has 3 aromatic carbocycles. The topological polar surface area (TPSA) is 50.4 Å². The number of methoxy groups -OCH3 is 1. The van der Waals surface area contributed by atoms with Crippen molar-refractivity contribution in [3.8, 4) is 5.75 Å². The summed E-state index contributed by atoms with van der Waals surface area (Å²) in [7, 11) is 1.51. The monoisotopic (exact) mass is 414 g/mol. The third kappa shape index (κ3) is 5.53. The highest BCUT2D eigenvalue weighted by Gasteiger charge is 2.30. The van der Waals surface area contributed by atoms with E-state index in [9.17, 15) is 18.0 Å². The number of nitrogens with one attached hydrogen (secondary N) is 2. The first-order valence-corrected chi connectivity index (χ1v) is 9.31. The predicted molar refractivity (Wildman–Crippen MR) is 111 cm³/mol. The second-order valence-corrected chi connectivity index (χ2v) is 6.61. The molecule has 1 amide bonds. The first-order valence-electron chi connectivity index (χ1n) is 9.31. The van der Waals surface area contributed by atoms with Gasteiger partial charge in [-0.25, -0.2) is 0 Å². The first-order chi connectivity index (χ1) is 14.4. The molecule has 0 heterocycles. The molecule has 0 aromatic heterocycles. The highest BCUT2D eigenvalue weighted by Crippen LogP contribution is 2.30. The van der Waals surface area contributed by atoms with Crippen LogP contribution in [0.1, 0.15) is 21.5 Å². The third-order valence-corrected chi connectivity index (χ3v) is 4.48. The molecule has 3 aromatic rings. The Labute approximate surface area is 172 Å². The standard InChI is InChI=1S/C23H21F3N2O2/c1-30-21-11-10-17(22(29)28-19-8-3-2-4-9-19)15-20(21)27-13-12-16-6-5-7-18(14-16)23(24,25)26/h2-11,14-15,27H,12-13H2,1H3,(H,28,29). The number of halogens is 3. The molecule has 7 heteroatoms. The van der Waals surface area contributed by atoms with Crippen molar-refractivity contribution in [1.29, 1.82) is 0 Å². The maximum Gasteiger partial charge on any atom is 0.416 e. The van der Waals surface area contributed by atoms with E-state index in [0.29, 0.717) is 41.2 Å². The number of hydrogen-bond acceptors (Lipinski definition) is 3. The number of alkyl halides is 3. The van der Waals surface area contributed by atoms with Gasteiger partial charge < -0.3 is 15.4 Å². The van der Waals surface area contributed by atoms with Crippen LogP contribution in [0.25, 0.3) is 0 Å². The zero-order chi connectivity index (χ0) is 21.6. The first kappa shape index (κ1) is 21.2. The number of rotatable bonds is 7. The third-order valence-electron chi connectivity index (χ3n) is 4.48. The minimum atomic E-state index is -4.37. The minimum absolute atomic E-state index is 0.273. The van der Waals surface area contributed by atoms with Gasteiger partial charge in [-0.2, -0.15) is 13.2 Å². The molecule has 0 unspecified atom stereocenters. The van der Waals surface area contributed by atoms with Crippen LogP contribution >= 0.6 is 0 Å². The Kier molecular flexibility index (Phi) is 6.61. The Morgan fingerprint density at radius 2 is 1.73 bits per heavy atom. The maximum absolute atomic E-state index is 12.9. The van der Waals surface area contributed by atoms with Crippen molar-refractivity contribution in [3.63, 3.8) is 0 Å². The average Bonchev–Trinajstić information content (AvgIpc) is 2.74. The summed E-state index contributed by atoms with van der Waals surface area (Å²) < 4.78 is 43.9. The molecular weight excluding hydrogens is 393 g/mol. The average molecular weight is 414 g/mol. The van der Waals surface area contributed by atoms with E-state index in [2.05, 4.69) is 10.6 Å². The molecule has 0 radical (unpaired) electrons. The van der Waals surface area contributed by atoms with Crippen LogP contribution < -0.4 is 15.4 Å². The van der Waals surface area contributed by atoms with Crippen molar-refractivity contribution in [2.45, 2.75) is 12.6 Å². The SMILES string of the molecule is COc1ccc(C(=O)Nc2ccccc2)cc1NCCc1cccc(C(F)(F)F)c1. The molecule has 0 bridgehead atoms. The van der Waals surface area contributed by atoms with Crippen molar-refractivity contribution in [3.05, 3.63) is 89.5 Å². The molecular formula is C23H21F3N2O2. The molecule has 0 fully saturated rings. The summed E-state index contributed by atoms with van der Waals surface area (Å²) in [4.78, 5) is 12.5. The van der Waals surface area contributed by atoms with Crippen LogP contribution in [0.3, 0.4) is 0 Å². The molecule has 0 spiro atoms. The van der Waals surface area contributed by atoms with Crippen molar-refractivity contribution in [2.75, 3.05) is 24.3 Å². The van der Waals surface area contributed by atoms with Gasteiger partial charge in [-0.3, -0.25) is 4.79 Å². The van der Waals surface area contributed by atoms with Gasteiger partial charge in [-0.15, -0.1) is 0 Å². The second-order valence-electron chi connectivity index (χ2n) is 6.61. The Morgan fingerprint density at radius 1 is 0.967 bits per heavy atom. The van der Waals surface area contributed by atoms with E-state index in [4.69, 9.17) is 4.74 Å². The lowest BCUT2D eigenvalue weighted by Crippen LogP contribution is -2.13. The summed E-state index contributed by atoms with van der Waals surface area (Å²) in [6.07, 6.45) is -3.99. The van der Waals surface area contributed by atoms with Crippen molar-refractivity contribution in [2.24, 2.45) is 0 Å². The quantitative estimate of drug-likeness (QED) is 0.528. The number of ether oxygens (including phenoxy) is 1. The van der Waals surface area contributed by atoms with Crippen LogP contribution in [-0.2, 0) is 12.6 Å². The summed E-state index contributed by atoms with van der Waals surface area (Å²) in [5.41, 5.74) is 1.59. The second kappa shape index (κ2) is 9.35. The van der Waals surface area contributed by atoms with Crippen LogP contribution in [-0.4, -0.2) is 19.6 Å². The number of carbonyl (C=O) groups is 1. The van der Waals surface area contributed by atoms with Gasteiger partial charge in [0.1, 0.15) is 5.75 Å². The van der Waals surface area contributed by atoms with Gasteiger partial charge in [0.15, 0.2) is 0 Å². The molecule has 0 aliphatic heterocycles. The number of para-hydroxylation sites is 1. The lowest BCUT2D eigenvalue weighted by atomic mass is 10.1. The fourth-order valence-electron chi connectivity index (χ4n) is 2.96. The predicted octanol–water partition coefficient (Wildman–Crippen LogP) is 5.62. The van der Waals surface area contributed by atoms with Crippen LogP contribution in [0.4, 0.5) is 24.5 Å². The fraction of sp³-hybridized carbons (Fsp3) is 0.174. The summed E-state index contributed by atoms with van der Waals surface area (Å²) in [5, 5.41) is 5.95. The van der Waals surface area contributed by atoms with E-state index in [-0.39, 0.29) is 5.91 Å². The van der Waals surface area contributed by atoms with Gasteiger partial charge in [-0.1, -0.05) is 36.4 Å². The molecule has 0 saturated heterocycles. The number of amides is 1. The van der Waals surface area contributed by atoms with Crippen molar-refractivity contribution >= 4 is 17.3 Å². The van der Waals surface area contributed by atoms with Crippen LogP contribution in [0, 0.1) is 0 Å². The zero-order valence-corrected chi connectivity index (χ0v) is 16.3. The molecule has 0 saturated carbocycles. The Morgan fingerprint density at radius 3 is 2.43 bits per heavy atom. The van der Waals surface area contributed by atoms with Gasteiger partial charge in [-0.05, 0) is 48.4 Å². The largest absolute Gasteiger partial charge is 0.495 e. The van der Waals surface area contributed by atoms with Gasteiger partial charge >= 0.3 is 6.18 Å². The van der Waals surface area contributed by atoms with Crippen LogP contribution in [0.2, 0.25) is 0 Å². The van der Waals surface area contributed by atoms with Gasteiger partial charge in [0, 0.05) is 17.8 Å². The number of carbonyl (C=O) groups excluding carboxylic acids is 1. The molecule has 0 atom stereocenters. The summed E-state index contributed by atoms with van der Waals surface area (Å²) in [6, 6.07) is 19.3. The summed E-state index contributed by atoms with van der Waals surface area (Å²) in [6.45, 7) is 0.376. The Balaban J connectivity index is 1.68. The number of hydrogen-bond donors (Lipinski definition) is 2. The highest BCUT2D eigenvalue weighted by atomic mass is 19.4.